The van der Waals surface area contributed by atoms with Crippen molar-refractivity contribution in [1.29, 1.82) is 0 Å². The Kier molecular flexibility index (Phi) is 4.19. The number of carbonyl (C=O) groups excluding carboxylic acids is 1. The van der Waals surface area contributed by atoms with Gasteiger partial charge in [-0.25, -0.2) is 9.97 Å². The molecule has 0 N–H and O–H groups in total. The van der Waals surface area contributed by atoms with E-state index in [1.165, 1.54) is 25.7 Å². The van der Waals surface area contributed by atoms with E-state index in [0.29, 0.717) is 24.4 Å². The molecule has 0 radical (unpaired) electrons. The zero-order valence-corrected chi connectivity index (χ0v) is 14.5. The van der Waals surface area contributed by atoms with Crippen molar-refractivity contribution in [3.8, 4) is 6.01 Å². The highest BCUT2D eigenvalue weighted by Crippen LogP contribution is 2.49. The summed E-state index contributed by atoms with van der Waals surface area (Å²) < 4.78 is 5.94. The second kappa shape index (κ2) is 6.34. The Morgan fingerprint density at radius 2 is 2.00 bits per heavy atom. The lowest BCUT2D eigenvalue weighted by molar-refractivity contribution is -0.134. The number of nitrogens with zero attached hydrogens (tertiary/aromatic N) is 3. The van der Waals surface area contributed by atoms with E-state index in [1.807, 2.05) is 6.92 Å². The summed E-state index contributed by atoms with van der Waals surface area (Å²) in [6.07, 6.45) is 11.8. The first-order valence-electron chi connectivity index (χ1n) is 9.36. The van der Waals surface area contributed by atoms with Gasteiger partial charge in [-0.3, -0.25) is 4.79 Å². The van der Waals surface area contributed by atoms with Crippen molar-refractivity contribution >= 4 is 5.91 Å². The minimum atomic E-state index is 0.114. The molecule has 1 aromatic rings. The van der Waals surface area contributed by atoms with Crippen LogP contribution in [-0.2, 0) is 4.79 Å². The van der Waals surface area contributed by atoms with Gasteiger partial charge in [0.25, 0.3) is 0 Å². The predicted octanol–water partition coefficient (Wildman–Crippen LogP) is 2.98. The highest BCUT2D eigenvalue weighted by atomic mass is 16.5. The number of carbonyl (C=O) groups is 1. The predicted molar refractivity (Wildman–Crippen MR) is 90.6 cm³/mol. The Bertz CT molecular complexity index is 597. The Hall–Kier alpha value is -1.65. The molecule has 130 valence electrons. The maximum Gasteiger partial charge on any atom is 0.316 e. The monoisotopic (exact) mass is 329 g/mol. The van der Waals surface area contributed by atoms with Gasteiger partial charge in [0.15, 0.2) is 0 Å². The molecule has 3 aliphatic rings. The second-order valence-electron chi connectivity index (χ2n) is 7.98. The third-order valence-corrected chi connectivity index (χ3v) is 6.30. The lowest BCUT2D eigenvalue weighted by atomic mass is 9.82. The zero-order chi connectivity index (χ0) is 16.6. The number of ether oxygens (including phenoxy) is 1. The van der Waals surface area contributed by atoms with Gasteiger partial charge in [-0.2, -0.15) is 0 Å². The van der Waals surface area contributed by atoms with Crippen LogP contribution in [0.25, 0.3) is 0 Å². The number of aromatic nitrogens is 2. The molecule has 2 atom stereocenters. The Balaban J connectivity index is 1.42. The van der Waals surface area contributed by atoms with E-state index in [2.05, 4.69) is 14.9 Å². The number of likely N-dealkylation sites (tertiary alicyclic amines) is 1. The molecule has 4 rings (SSSR count). The van der Waals surface area contributed by atoms with Gasteiger partial charge in [-0.05, 0) is 44.1 Å². The summed E-state index contributed by atoms with van der Waals surface area (Å²) >= 11 is 0. The lowest BCUT2D eigenvalue weighted by Crippen LogP contribution is -2.37. The molecule has 0 bridgehead atoms. The topological polar surface area (TPSA) is 55.3 Å². The maximum atomic E-state index is 12.8. The normalized spacial score (nSPS) is 29.9. The van der Waals surface area contributed by atoms with Crippen molar-refractivity contribution in [3.63, 3.8) is 0 Å². The van der Waals surface area contributed by atoms with Gasteiger partial charge in [0.2, 0.25) is 5.91 Å². The summed E-state index contributed by atoms with van der Waals surface area (Å²) in [5, 5.41) is 0. The fourth-order valence-electron chi connectivity index (χ4n) is 4.91. The molecular formula is C19H27N3O2. The first kappa shape index (κ1) is 15.9. The third kappa shape index (κ3) is 2.89. The quantitative estimate of drug-likeness (QED) is 0.852. The van der Waals surface area contributed by atoms with Crippen molar-refractivity contribution in [2.75, 3.05) is 19.7 Å². The van der Waals surface area contributed by atoms with Gasteiger partial charge in [-0.15, -0.1) is 0 Å². The van der Waals surface area contributed by atoms with Gasteiger partial charge in [-0.1, -0.05) is 19.3 Å². The SMILES string of the molecule is Cc1cnc(OCC23CCCC2CN(C(=O)C2CCCC2)C3)nc1. The molecule has 5 nitrogen and oxygen atoms in total. The first-order chi connectivity index (χ1) is 11.7. The van der Waals surface area contributed by atoms with E-state index < -0.39 is 0 Å². The fourth-order valence-corrected chi connectivity index (χ4v) is 4.91. The van der Waals surface area contributed by atoms with Crippen LogP contribution in [0.1, 0.15) is 50.5 Å². The van der Waals surface area contributed by atoms with E-state index >= 15 is 0 Å². The number of fused-ring (bicyclic) bond motifs is 1. The number of hydrogen-bond donors (Lipinski definition) is 0. The van der Waals surface area contributed by atoms with Crippen LogP contribution in [0.5, 0.6) is 6.01 Å². The molecule has 1 aliphatic heterocycles. The second-order valence-corrected chi connectivity index (χ2v) is 7.98. The Labute approximate surface area is 143 Å². The minimum Gasteiger partial charge on any atom is -0.463 e. The van der Waals surface area contributed by atoms with Crippen molar-refractivity contribution < 1.29 is 9.53 Å². The lowest BCUT2D eigenvalue weighted by Gasteiger charge is -2.28. The summed E-state index contributed by atoms with van der Waals surface area (Å²) in [4.78, 5) is 23.4. The van der Waals surface area contributed by atoms with E-state index in [-0.39, 0.29) is 11.3 Å². The first-order valence-corrected chi connectivity index (χ1v) is 9.36. The maximum absolute atomic E-state index is 12.8. The fraction of sp³-hybridized carbons (Fsp3) is 0.737. The standard InChI is InChI=1S/C19H27N3O2/c1-14-9-20-18(21-10-14)24-13-19-8-4-7-16(19)11-22(12-19)17(23)15-5-2-3-6-15/h9-10,15-16H,2-8,11-13H2,1H3. The van der Waals surface area contributed by atoms with Gasteiger partial charge < -0.3 is 9.64 Å². The molecule has 3 fully saturated rings. The molecule has 1 aromatic heterocycles. The Morgan fingerprint density at radius 3 is 2.75 bits per heavy atom. The van der Waals surface area contributed by atoms with Crippen LogP contribution in [0.4, 0.5) is 0 Å². The molecule has 2 heterocycles. The summed E-state index contributed by atoms with van der Waals surface area (Å²) in [7, 11) is 0. The Morgan fingerprint density at radius 1 is 1.25 bits per heavy atom. The summed E-state index contributed by atoms with van der Waals surface area (Å²) in [6, 6.07) is 0.459. The average molecular weight is 329 g/mol. The molecule has 0 spiro atoms. The van der Waals surface area contributed by atoms with E-state index in [4.69, 9.17) is 4.74 Å². The smallest absolute Gasteiger partial charge is 0.316 e. The van der Waals surface area contributed by atoms with Crippen LogP contribution in [-0.4, -0.2) is 40.5 Å². The average Bonchev–Trinajstić information content (AvgIpc) is 3.29. The molecule has 2 saturated carbocycles. The molecule has 2 unspecified atom stereocenters. The molecular weight excluding hydrogens is 302 g/mol. The van der Waals surface area contributed by atoms with Gasteiger partial charge in [0, 0.05) is 36.8 Å². The van der Waals surface area contributed by atoms with Crippen LogP contribution in [0.15, 0.2) is 12.4 Å². The molecule has 24 heavy (non-hydrogen) atoms. The highest BCUT2D eigenvalue weighted by Gasteiger charge is 2.52. The van der Waals surface area contributed by atoms with Crippen molar-refractivity contribution in [2.45, 2.75) is 51.9 Å². The van der Waals surface area contributed by atoms with Gasteiger partial charge >= 0.3 is 6.01 Å². The highest BCUT2D eigenvalue weighted by molar-refractivity contribution is 5.79. The van der Waals surface area contributed by atoms with Crippen LogP contribution in [0.2, 0.25) is 0 Å². The van der Waals surface area contributed by atoms with E-state index in [1.54, 1.807) is 12.4 Å². The largest absolute Gasteiger partial charge is 0.463 e. The molecule has 2 aliphatic carbocycles. The van der Waals surface area contributed by atoms with Gasteiger partial charge in [0.1, 0.15) is 0 Å². The van der Waals surface area contributed by atoms with E-state index in [0.717, 1.165) is 37.9 Å². The number of rotatable bonds is 4. The summed E-state index contributed by atoms with van der Waals surface area (Å²) in [5.41, 5.74) is 1.15. The van der Waals surface area contributed by atoms with Gasteiger partial charge in [0.05, 0.1) is 6.61 Å². The molecule has 1 saturated heterocycles. The van der Waals surface area contributed by atoms with Crippen LogP contribution in [0, 0.1) is 24.2 Å². The third-order valence-electron chi connectivity index (χ3n) is 6.30. The van der Waals surface area contributed by atoms with Crippen LogP contribution >= 0.6 is 0 Å². The summed E-state index contributed by atoms with van der Waals surface area (Å²) in [6.45, 7) is 4.39. The van der Waals surface area contributed by atoms with Crippen LogP contribution in [0.3, 0.4) is 0 Å². The summed E-state index contributed by atoms with van der Waals surface area (Å²) in [5.74, 6) is 1.25. The minimum absolute atomic E-state index is 0.114. The molecule has 1 amide bonds. The van der Waals surface area contributed by atoms with Crippen LogP contribution < -0.4 is 4.74 Å². The van der Waals surface area contributed by atoms with Crippen molar-refractivity contribution in [1.82, 2.24) is 14.9 Å². The molecule has 0 aromatic carbocycles. The number of amides is 1. The molecule has 5 heteroatoms. The number of hydrogen-bond acceptors (Lipinski definition) is 4. The number of aryl methyl sites for hydroxylation is 1. The van der Waals surface area contributed by atoms with Crippen molar-refractivity contribution in [3.05, 3.63) is 18.0 Å². The van der Waals surface area contributed by atoms with E-state index in [9.17, 15) is 4.79 Å². The van der Waals surface area contributed by atoms with Crippen molar-refractivity contribution in [2.24, 2.45) is 17.3 Å². The zero-order valence-electron chi connectivity index (χ0n) is 14.5.